The van der Waals surface area contributed by atoms with Crippen LogP contribution in [0.15, 0.2) is 48.8 Å². The normalized spacial score (nSPS) is 12.4. The standard InChI is InChI=1S/C23H32N4O4/c1-23(2,3)31-22(30)26-20(21(28)29)12-6-9-15-27(16-18-10-4-7-13-24-18)17-19-11-5-8-14-25-19/h4-5,7-8,10-11,13-14,20H,6,9,12,15-17H2,1-3H3,(H,26,30)(H,28,29)/t20-/m0/s1. The first-order valence-corrected chi connectivity index (χ1v) is 10.5. The third-order valence-electron chi connectivity index (χ3n) is 4.43. The molecule has 8 nitrogen and oxygen atoms in total. The van der Waals surface area contributed by atoms with Crippen LogP contribution in [-0.4, -0.2) is 50.2 Å². The molecule has 0 aliphatic rings. The second-order valence-corrected chi connectivity index (χ2v) is 8.39. The molecular weight excluding hydrogens is 396 g/mol. The molecule has 2 rings (SSSR count). The van der Waals surface area contributed by atoms with Crippen molar-refractivity contribution in [1.82, 2.24) is 20.2 Å². The molecule has 2 heterocycles. The van der Waals surface area contributed by atoms with Crippen molar-refractivity contribution in [2.24, 2.45) is 0 Å². The fraction of sp³-hybridized carbons (Fsp3) is 0.478. The van der Waals surface area contributed by atoms with Gasteiger partial charge in [0.05, 0.1) is 11.4 Å². The van der Waals surface area contributed by atoms with Crippen molar-refractivity contribution in [1.29, 1.82) is 0 Å². The molecule has 0 spiro atoms. The summed E-state index contributed by atoms with van der Waals surface area (Å²) in [6.07, 6.45) is 4.58. The number of aliphatic carboxylic acids is 1. The molecule has 1 atom stereocenters. The minimum atomic E-state index is -1.07. The summed E-state index contributed by atoms with van der Waals surface area (Å²) in [5, 5.41) is 11.9. The van der Waals surface area contributed by atoms with E-state index < -0.39 is 23.7 Å². The van der Waals surface area contributed by atoms with E-state index in [9.17, 15) is 14.7 Å². The van der Waals surface area contributed by atoms with Gasteiger partial charge in [-0.2, -0.15) is 0 Å². The molecule has 0 radical (unpaired) electrons. The monoisotopic (exact) mass is 428 g/mol. The summed E-state index contributed by atoms with van der Waals surface area (Å²) >= 11 is 0. The molecule has 0 unspecified atom stereocenters. The molecule has 0 bridgehead atoms. The predicted octanol–water partition coefficient (Wildman–Crippen LogP) is 3.63. The van der Waals surface area contributed by atoms with Crippen LogP contribution in [0.25, 0.3) is 0 Å². The van der Waals surface area contributed by atoms with Crippen LogP contribution >= 0.6 is 0 Å². The molecule has 0 aliphatic heterocycles. The maximum absolute atomic E-state index is 11.9. The summed E-state index contributed by atoms with van der Waals surface area (Å²) in [7, 11) is 0. The van der Waals surface area contributed by atoms with E-state index in [4.69, 9.17) is 4.74 Å². The quantitative estimate of drug-likeness (QED) is 0.527. The number of alkyl carbamates (subject to hydrolysis) is 1. The van der Waals surface area contributed by atoms with Gasteiger partial charge in [-0.25, -0.2) is 9.59 Å². The number of nitrogens with one attached hydrogen (secondary N) is 1. The number of amides is 1. The number of unbranched alkanes of at least 4 members (excludes halogenated alkanes) is 1. The van der Waals surface area contributed by atoms with Crippen molar-refractivity contribution in [3.8, 4) is 0 Å². The molecule has 31 heavy (non-hydrogen) atoms. The van der Waals surface area contributed by atoms with Gasteiger partial charge in [-0.3, -0.25) is 14.9 Å². The third kappa shape index (κ3) is 10.0. The van der Waals surface area contributed by atoms with E-state index in [0.29, 0.717) is 25.9 Å². The number of carbonyl (C=O) groups excluding carboxylic acids is 1. The minimum absolute atomic E-state index is 0.329. The molecule has 2 aromatic rings. The van der Waals surface area contributed by atoms with Crippen molar-refractivity contribution in [3.05, 3.63) is 60.2 Å². The number of ether oxygens (including phenoxy) is 1. The third-order valence-corrected chi connectivity index (χ3v) is 4.43. The largest absolute Gasteiger partial charge is 0.480 e. The lowest BCUT2D eigenvalue weighted by molar-refractivity contribution is -0.139. The van der Waals surface area contributed by atoms with Gasteiger partial charge in [-0.1, -0.05) is 12.1 Å². The summed E-state index contributed by atoms with van der Waals surface area (Å²) in [4.78, 5) is 34.5. The average Bonchev–Trinajstić information content (AvgIpc) is 2.70. The van der Waals surface area contributed by atoms with Gasteiger partial charge in [0.2, 0.25) is 0 Å². The highest BCUT2D eigenvalue weighted by Crippen LogP contribution is 2.11. The number of hydrogen-bond acceptors (Lipinski definition) is 6. The number of carbonyl (C=O) groups is 2. The highest BCUT2D eigenvalue weighted by Gasteiger charge is 2.23. The van der Waals surface area contributed by atoms with Crippen molar-refractivity contribution in [2.45, 2.75) is 64.8 Å². The average molecular weight is 429 g/mol. The Morgan fingerprint density at radius 1 is 1.03 bits per heavy atom. The first kappa shape index (κ1) is 24.3. The van der Waals surface area contributed by atoms with Crippen LogP contribution in [0.4, 0.5) is 4.79 Å². The smallest absolute Gasteiger partial charge is 0.408 e. The van der Waals surface area contributed by atoms with Crippen LogP contribution in [0.2, 0.25) is 0 Å². The first-order chi connectivity index (χ1) is 14.7. The van der Waals surface area contributed by atoms with Crippen molar-refractivity contribution >= 4 is 12.1 Å². The van der Waals surface area contributed by atoms with Gasteiger partial charge in [0, 0.05) is 25.5 Å². The second-order valence-electron chi connectivity index (χ2n) is 8.39. The zero-order valence-corrected chi connectivity index (χ0v) is 18.5. The lowest BCUT2D eigenvalue weighted by Crippen LogP contribution is -2.43. The lowest BCUT2D eigenvalue weighted by Gasteiger charge is -2.23. The fourth-order valence-electron chi connectivity index (χ4n) is 3.05. The molecular formula is C23H32N4O4. The summed E-state index contributed by atoms with van der Waals surface area (Å²) in [6.45, 7) is 7.32. The number of carboxylic acids is 1. The Morgan fingerprint density at radius 2 is 1.61 bits per heavy atom. The summed E-state index contributed by atoms with van der Waals surface area (Å²) in [6, 6.07) is 10.7. The Morgan fingerprint density at radius 3 is 2.06 bits per heavy atom. The van der Waals surface area contributed by atoms with Crippen LogP contribution in [0.3, 0.4) is 0 Å². The molecule has 2 aromatic heterocycles. The van der Waals surface area contributed by atoms with E-state index in [1.807, 2.05) is 36.4 Å². The van der Waals surface area contributed by atoms with Gasteiger partial charge >= 0.3 is 12.1 Å². The number of hydrogen-bond donors (Lipinski definition) is 2. The first-order valence-electron chi connectivity index (χ1n) is 10.5. The van der Waals surface area contributed by atoms with E-state index in [1.54, 1.807) is 33.2 Å². The molecule has 0 saturated carbocycles. The summed E-state index contributed by atoms with van der Waals surface area (Å²) in [5.41, 5.74) is 1.26. The van der Waals surface area contributed by atoms with E-state index in [-0.39, 0.29) is 0 Å². The van der Waals surface area contributed by atoms with Crippen LogP contribution in [0.5, 0.6) is 0 Å². The number of nitrogens with zero attached hydrogens (tertiary/aromatic N) is 3. The highest BCUT2D eigenvalue weighted by atomic mass is 16.6. The van der Waals surface area contributed by atoms with Gasteiger partial charge in [0.15, 0.2) is 0 Å². The number of pyridine rings is 2. The highest BCUT2D eigenvalue weighted by molar-refractivity contribution is 5.79. The van der Waals surface area contributed by atoms with Gasteiger partial charge in [-0.05, 0) is 70.8 Å². The number of rotatable bonds is 11. The van der Waals surface area contributed by atoms with Gasteiger partial charge in [0.25, 0.3) is 0 Å². The van der Waals surface area contributed by atoms with E-state index in [1.165, 1.54) is 0 Å². The van der Waals surface area contributed by atoms with Crippen molar-refractivity contribution in [3.63, 3.8) is 0 Å². The second kappa shape index (κ2) is 12.0. The molecule has 1 amide bonds. The Labute approximate surface area is 183 Å². The van der Waals surface area contributed by atoms with E-state index in [0.717, 1.165) is 24.4 Å². The molecule has 0 aliphatic carbocycles. The van der Waals surface area contributed by atoms with Crippen LogP contribution < -0.4 is 5.32 Å². The number of aromatic nitrogens is 2. The fourth-order valence-corrected chi connectivity index (χ4v) is 3.05. The molecule has 0 fully saturated rings. The molecule has 8 heteroatoms. The topological polar surface area (TPSA) is 105 Å². The Kier molecular flexibility index (Phi) is 9.40. The molecule has 0 saturated heterocycles. The van der Waals surface area contributed by atoms with Crippen molar-refractivity contribution in [2.75, 3.05) is 6.54 Å². The molecule has 0 aromatic carbocycles. The van der Waals surface area contributed by atoms with Crippen LogP contribution in [0, 0.1) is 0 Å². The van der Waals surface area contributed by atoms with Gasteiger partial charge in [-0.15, -0.1) is 0 Å². The SMILES string of the molecule is CC(C)(C)OC(=O)N[C@@H](CCCCN(Cc1ccccn1)Cc1ccccn1)C(=O)O. The minimum Gasteiger partial charge on any atom is -0.480 e. The van der Waals surface area contributed by atoms with Crippen molar-refractivity contribution < 1.29 is 19.4 Å². The Bertz CT molecular complexity index is 768. The zero-order chi connectivity index (χ0) is 22.7. The van der Waals surface area contributed by atoms with Gasteiger partial charge in [0.1, 0.15) is 11.6 Å². The maximum atomic E-state index is 11.9. The Hall–Kier alpha value is -3.00. The lowest BCUT2D eigenvalue weighted by atomic mass is 10.1. The molecule has 2 N–H and O–H groups in total. The van der Waals surface area contributed by atoms with Gasteiger partial charge < -0.3 is 15.2 Å². The summed E-state index contributed by atoms with van der Waals surface area (Å²) in [5.74, 6) is -1.07. The zero-order valence-electron chi connectivity index (χ0n) is 18.5. The maximum Gasteiger partial charge on any atom is 0.408 e. The summed E-state index contributed by atoms with van der Waals surface area (Å²) < 4.78 is 5.16. The Balaban J connectivity index is 1.87. The van der Waals surface area contributed by atoms with E-state index >= 15 is 0 Å². The predicted molar refractivity (Wildman–Crippen MR) is 117 cm³/mol. The number of carboxylic acid groups (broad SMARTS) is 1. The van der Waals surface area contributed by atoms with Crippen LogP contribution in [-0.2, 0) is 22.6 Å². The van der Waals surface area contributed by atoms with E-state index in [2.05, 4.69) is 20.2 Å². The van der Waals surface area contributed by atoms with Crippen LogP contribution in [0.1, 0.15) is 51.4 Å². The molecule has 168 valence electrons.